The number of Topliss-reactive ketones (excluding diaryl/α,β-unsaturated/α-hetero) is 1. The maximum absolute atomic E-state index is 13.4. The van der Waals surface area contributed by atoms with Gasteiger partial charge in [0.25, 0.3) is 5.91 Å². The predicted molar refractivity (Wildman–Crippen MR) is 178 cm³/mol. The van der Waals surface area contributed by atoms with E-state index in [4.69, 9.17) is 21.1 Å². The monoisotopic (exact) mass is 620 g/mol. The van der Waals surface area contributed by atoms with E-state index in [1.807, 2.05) is 13.0 Å². The Bertz CT molecular complexity index is 1470. The third-order valence-electron chi connectivity index (χ3n) is 8.42. The van der Waals surface area contributed by atoms with Gasteiger partial charge in [0, 0.05) is 22.5 Å². The molecule has 236 valence electrons. The standard InChI is InChI=1S/C36H45ClN2O5/c1-9-29(44-30-20-17-24(35(4,5)10-2)21-28(30)36(6,7)11-3)33(41)38-25-13-12-14-26(22-25)39-34(42)31(37)32(40)23-15-18-27(43-8)19-16-23/h12-22,29,31H,9-11H2,1-8H3,(H,38,41)(H,39,42). The van der Waals surface area contributed by atoms with E-state index in [-0.39, 0.29) is 16.7 Å². The minimum atomic E-state index is -1.43. The Morgan fingerprint density at radius 3 is 1.93 bits per heavy atom. The van der Waals surface area contributed by atoms with Crippen molar-refractivity contribution < 1.29 is 23.9 Å². The zero-order valence-corrected chi connectivity index (χ0v) is 27.8. The summed E-state index contributed by atoms with van der Waals surface area (Å²) in [7, 11) is 1.52. The number of benzene rings is 3. The van der Waals surface area contributed by atoms with Gasteiger partial charge in [-0.05, 0) is 84.2 Å². The fourth-order valence-electron chi connectivity index (χ4n) is 4.58. The number of alkyl halides is 1. The summed E-state index contributed by atoms with van der Waals surface area (Å²) < 4.78 is 11.5. The lowest BCUT2D eigenvalue weighted by Gasteiger charge is -2.31. The van der Waals surface area contributed by atoms with E-state index in [1.54, 1.807) is 48.5 Å². The van der Waals surface area contributed by atoms with Gasteiger partial charge >= 0.3 is 0 Å². The third-order valence-corrected chi connectivity index (χ3v) is 8.82. The number of hydrogen-bond acceptors (Lipinski definition) is 5. The van der Waals surface area contributed by atoms with Crippen LogP contribution in [0.15, 0.2) is 66.7 Å². The van der Waals surface area contributed by atoms with Gasteiger partial charge in [-0.1, -0.05) is 66.7 Å². The molecule has 3 aromatic rings. The average Bonchev–Trinajstić information content (AvgIpc) is 3.02. The smallest absolute Gasteiger partial charge is 0.265 e. The number of methoxy groups -OCH3 is 1. The number of ether oxygens (including phenoxy) is 2. The first-order valence-electron chi connectivity index (χ1n) is 15.1. The Morgan fingerprint density at radius 1 is 0.795 bits per heavy atom. The van der Waals surface area contributed by atoms with Crippen molar-refractivity contribution in [3.63, 3.8) is 0 Å². The van der Waals surface area contributed by atoms with Crippen LogP contribution in [-0.2, 0) is 20.4 Å². The van der Waals surface area contributed by atoms with E-state index in [0.717, 1.165) is 18.4 Å². The second-order valence-electron chi connectivity index (χ2n) is 12.2. The van der Waals surface area contributed by atoms with Crippen LogP contribution in [0, 0.1) is 0 Å². The van der Waals surface area contributed by atoms with Crippen molar-refractivity contribution in [1.82, 2.24) is 0 Å². The van der Waals surface area contributed by atoms with E-state index in [2.05, 4.69) is 64.3 Å². The summed E-state index contributed by atoms with van der Waals surface area (Å²) in [5.74, 6) is -0.224. The van der Waals surface area contributed by atoms with Gasteiger partial charge in [-0.3, -0.25) is 14.4 Å². The van der Waals surface area contributed by atoms with Crippen molar-refractivity contribution in [1.29, 1.82) is 0 Å². The van der Waals surface area contributed by atoms with Crippen molar-refractivity contribution in [2.24, 2.45) is 0 Å². The van der Waals surface area contributed by atoms with Crippen LogP contribution in [0.25, 0.3) is 0 Å². The summed E-state index contributed by atoms with van der Waals surface area (Å²) in [4.78, 5) is 38.9. The number of halogens is 1. The Hall–Kier alpha value is -3.84. The maximum Gasteiger partial charge on any atom is 0.265 e. The molecule has 0 bridgehead atoms. The van der Waals surface area contributed by atoms with Gasteiger partial charge in [0.05, 0.1) is 7.11 Å². The molecule has 2 amide bonds. The topological polar surface area (TPSA) is 93.7 Å². The molecule has 0 spiro atoms. The molecule has 3 rings (SSSR count). The van der Waals surface area contributed by atoms with E-state index in [1.165, 1.54) is 12.7 Å². The highest BCUT2D eigenvalue weighted by Gasteiger charge is 2.29. The number of nitrogens with one attached hydrogen (secondary N) is 2. The van der Waals surface area contributed by atoms with Gasteiger partial charge in [0.2, 0.25) is 5.91 Å². The molecule has 0 fully saturated rings. The van der Waals surface area contributed by atoms with Crippen molar-refractivity contribution in [3.05, 3.63) is 83.4 Å². The molecule has 44 heavy (non-hydrogen) atoms. The molecule has 8 heteroatoms. The van der Waals surface area contributed by atoms with Crippen molar-refractivity contribution in [2.45, 2.75) is 90.0 Å². The van der Waals surface area contributed by atoms with Crippen molar-refractivity contribution >= 4 is 40.6 Å². The molecule has 0 aromatic heterocycles. The molecular formula is C36H45ClN2O5. The summed E-state index contributed by atoms with van der Waals surface area (Å²) in [6.45, 7) is 15.1. The first kappa shape index (κ1) is 34.6. The Labute approximate surface area is 266 Å². The fraction of sp³-hybridized carbons (Fsp3) is 0.417. The number of amides is 2. The quantitative estimate of drug-likeness (QED) is 0.107. The minimum absolute atomic E-state index is 0.0194. The Balaban J connectivity index is 1.73. The second-order valence-corrected chi connectivity index (χ2v) is 12.7. The lowest BCUT2D eigenvalue weighted by molar-refractivity contribution is -0.122. The number of ketones is 1. The van der Waals surface area contributed by atoms with Crippen LogP contribution in [0.2, 0.25) is 0 Å². The molecule has 2 N–H and O–H groups in total. The maximum atomic E-state index is 13.4. The van der Waals surface area contributed by atoms with Gasteiger partial charge in [0.15, 0.2) is 17.3 Å². The van der Waals surface area contributed by atoms with Crippen LogP contribution in [0.4, 0.5) is 11.4 Å². The normalized spacial score (nSPS) is 13.0. The van der Waals surface area contributed by atoms with Gasteiger partial charge in [-0.15, -0.1) is 11.6 Å². The van der Waals surface area contributed by atoms with Crippen molar-refractivity contribution in [3.8, 4) is 11.5 Å². The summed E-state index contributed by atoms with van der Waals surface area (Å²) >= 11 is 6.22. The zero-order chi connectivity index (χ0) is 32.7. The molecule has 3 aromatic carbocycles. The van der Waals surface area contributed by atoms with Gasteiger partial charge in [0.1, 0.15) is 11.5 Å². The molecule has 0 saturated carbocycles. The second kappa shape index (κ2) is 14.8. The van der Waals surface area contributed by atoms with Crippen LogP contribution in [0.3, 0.4) is 0 Å². The summed E-state index contributed by atoms with van der Waals surface area (Å²) in [6, 6.07) is 19.3. The molecule has 2 unspecified atom stereocenters. The molecule has 0 aliphatic heterocycles. The summed E-state index contributed by atoms with van der Waals surface area (Å²) in [5.41, 5.74) is 3.34. The first-order chi connectivity index (χ1) is 20.8. The van der Waals surface area contributed by atoms with Gasteiger partial charge < -0.3 is 20.1 Å². The fourth-order valence-corrected chi connectivity index (χ4v) is 4.76. The first-order valence-corrected chi connectivity index (χ1v) is 15.6. The predicted octanol–water partition coefficient (Wildman–Crippen LogP) is 8.30. The molecule has 0 saturated heterocycles. The lowest BCUT2D eigenvalue weighted by Crippen LogP contribution is -2.33. The summed E-state index contributed by atoms with van der Waals surface area (Å²) in [5, 5.41) is 4.14. The van der Waals surface area contributed by atoms with Crippen molar-refractivity contribution in [2.75, 3.05) is 17.7 Å². The number of anilines is 2. The number of carbonyl (C=O) groups is 3. The number of carbonyl (C=O) groups excluding carboxylic acids is 3. The molecule has 7 nitrogen and oxygen atoms in total. The van der Waals surface area contributed by atoms with Crippen LogP contribution < -0.4 is 20.1 Å². The van der Waals surface area contributed by atoms with Crippen LogP contribution in [-0.4, -0.2) is 36.2 Å². The molecule has 0 radical (unpaired) electrons. The third kappa shape index (κ3) is 8.41. The van der Waals surface area contributed by atoms with Gasteiger partial charge in [-0.2, -0.15) is 0 Å². The summed E-state index contributed by atoms with van der Waals surface area (Å²) in [6.07, 6.45) is 1.63. The zero-order valence-electron chi connectivity index (χ0n) is 27.0. The molecule has 0 aliphatic carbocycles. The van der Waals surface area contributed by atoms with Crippen LogP contribution in [0.1, 0.15) is 89.2 Å². The molecule has 2 atom stereocenters. The SMILES string of the molecule is CCC(Oc1ccc(C(C)(C)CC)cc1C(C)(C)CC)C(=O)Nc1cccc(NC(=O)C(Cl)C(=O)c2ccc(OC)cc2)c1. The highest BCUT2D eigenvalue weighted by molar-refractivity contribution is 6.45. The average molecular weight is 621 g/mol. The Morgan fingerprint density at radius 2 is 1.39 bits per heavy atom. The van der Waals surface area contributed by atoms with Gasteiger partial charge in [-0.25, -0.2) is 0 Å². The van der Waals surface area contributed by atoms with Crippen LogP contribution >= 0.6 is 11.6 Å². The van der Waals surface area contributed by atoms with Crippen LogP contribution in [0.5, 0.6) is 11.5 Å². The minimum Gasteiger partial charge on any atom is -0.497 e. The highest BCUT2D eigenvalue weighted by atomic mass is 35.5. The molecule has 0 heterocycles. The van der Waals surface area contributed by atoms with E-state index in [0.29, 0.717) is 34.9 Å². The number of hydrogen-bond donors (Lipinski definition) is 2. The lowest BCUT2D eigenvalue weighted by atomic mass is 9.76. The largest absolute Gasteiger partial charge is 0.497 e. The Kier molecular flexibility index (Phi) is 11.6. The van der Waals surface area contributed by atoms with E-state index in [9.17, 15) is 14.4 Å². The molecule has 0 aliphatic rings. The number of rotatable bonds is 14. The highest BCUT2D eigenvalue weighted by Crippen LogP contribution is 2.39. The van der Waals surface area contributed by atoms with E-state index >= 15 is 0 Å². The molecular weight excluding hydrogens is 576 g/mol. The van der Waals surface area contributed by atoms with E-state index < -0.39 is 23.2 Å².